The summed E-state index contributed by atoms with van der Waals surface area (Å²) in [5, 5.41) is 3.44. The number of nitrogens with zero attached hydrogens (tertiary/aromatic N) is 2. The lowest BCUT2D eigenvalue weighted by Gasteiger charge is -2.28. The summed E-state index contributed by atoms with van der Waals surface area (Å²) in [6, 6.07) is 14.9. The Morgan fingerprint density at radius 2 is 1.76 bits per heavy atom. The first-order valence-corrected chi connectivity index (χ1v) is 7.83. The van der Waals surface area contributed by atoms with Crippen LogP contribution in [0.5, 0.6) is 0 Å². The normalized spacial score (nSPS) is 15.0. The van der Waals surface area contributed by atoms with E-state index >= 15 is 0 Å². The van der Waals surface area contributed by atoms with Gasteiger partial charge in [-0.15, -0.1) is 0 Å². The molecule has 3 heteroatoms. The maximum absolute atomic E-state index is 4.51. The van der Waals surface area contributed by atoms with E-state index in [0.717, 1.165) is 23.6 Å². The minimum atomic E-state index is 0.769. The summed E-state index contributed by atoms with van der Waals surface area (Å²) in [6.45, 7) is 5.18. The predicted molar refractivity (Wildman–Crippen MR) is 88.8 cm³/mol. The molecular weight excluding hydrogens is 258 g/mol. The molecule has 0 spiro atoms. The topological polar surface area (TPSA) is 28.2 Å². The molecule has 1 fully saturated rings. The van der Waals surface area contributed by atoms with E-state index < -0.39 is 0 Å². The molecule has 3 nitrogen and oxygen atoms in total. The Hall–Kier alpha value is -2.03. The number of aromatic nitrogens is 1. The molecule has 0 bridgehead atoms. The summed E-state index contributed by atoms with van der Waals surface area (Å²) in [4.78, 5) is 6.99. The summed E-state index contributed by atoms with van der Waals surface area (Å²) in [7, 11) is 0. The Kier molecular flexibility index (Phi) is 4.39. The summed E-state index contributed by atoms with van der Waals surface area (Å²) in [5.74, 6) is 0. The third-order valence-electron chi connectivity index (χ3n) is 4.01. The van der Waals surface area contributed by atoms with E-state index in [0.29, 0.717) is 0 Å². The van der Waals surface area contributed by atoms with Crippen molar-refractivity contribution in [2.45, 2.75) is 32.7 Å². The second-order valence-corrected chi connectivity index (χ2v) is 5.72. The molecule has 2 aromatic rings. The number of aryl methyl sites for hydroxylation is 1. The maximum atomic E-state index is 4.51. The SMILES string of the molecule is Cc1cccc(CNc2ccc(N3CCCCC3)cc2)n1. The van der Waals surface area contributed by atoms with E-state index in [4.69, 9.17) is 0 Å². The zero-order chi connectivity index (χ0) is 14.5. The lowest BCUT2D eigenvalue weighted by Crippen LogP contribution is -2.29. The van der Waals surface area contributed by atoms with Gasteiger partial charge in [0.25, 0.3) is 0 Å². The molecule has 110 valence electrons. The van der Waals surface area contributed by atoms with Crippen LogP contribution in [0.15, 0.2) is 42.5 Å². The average molecular weight is 281 g/mol. The number of piperidine rings is 1. The minimum Gasteiger partial charge on any atom is -0.379 e. The van der Waals surface area contributed by atoms with Gasteiger partial charge in [-0.2, -0.15) is 0 Å². The van der Waals surface area contributed by atoms with Crippen LogP contribution in [0.1, 0.15) is 30.7 Å². The predicted octanol–water partition coefficient (Wildman–Crippen LogP) is 3.99. The van der Waals surface area contributed by atoms with Gasteiger partial charge in [-0.1, -0.05) is 6.07 Å². The molecular formula is C18H23N3. The molecule has 1 aliphatic heterocycles. The number of hydrogen-bond acceptors (Lipinski definition) is 3. The second kappa shape index (κ2) is 6.61. The van der Waals surface area contributed by atoms with Crippen molar-refractivity contribution in [3.05, 3.63) is 53.9 Å². The van der Waals surface area contributed by atoms with Gasteiger partial charge in [0.15, 0.2) is 0 Å². The van der Waals surface area contributed by atoms with Gasteiger partial charge in [0.2, 0.25) is 0 Å². The standard InChI is InChI=1S/C18H23N3/c1-15-6-5-7-17(20-15)14-19-16-8-10-18(11-9-16)21-12-3-2-4-13-21/h5-11,19H,2-4,12-14H2,1H3. The average Bonchev–Trinajstić information content (AvgIpc) is 2.54. The molecule has 0 amide bonds. The molecule has 0 saturated carbocycles. The van der Waals surface area contributed by atoms with Crippen molar-refractivity contribution in [3.8, 4) is 0 Å². The second-order valence-electron chi connectivity index (χ2n) is 5.72. The smallest absolute Gasteiger partial charge is 0.0597 e. The Balaban J connectivity index is 1.59. The lowest BCUT2D eigenvalue weighted by molar-refractivity contribution is 0.578. The van der Waals surface area contributed by atoms with Gasteiger partial charge < -0.3 is 10.2 Å². The quantitative estimate of drug-likeness (QED) is 0.918. The van der Waals surface area contributed by atoms with Crippen LogP contribution in [0.3, 0.4) is 0 Å². The monoisotopic (exact) mass is 281 g/mol. The van der Waals surface area contributed by atoms with Crippen molar-refractivity contribution in [1.29, 1.82) is 0 Å². The van der Waals surface area contributed by atoms with Crippen molar-refractivity contribution < 1.29 is 0 Å². The molecule has 0 atom stereocenters. The fraction of sp³-hybridized carbons (Fsp3) is 0.389. The van der Waals surface area contributed by atoms with Gasteiger partial charge in [0, 0.05) is 30.2 Å². The highest BCUT2D eigenvalue weighted by Gasteiger charge is 2.10. The van der Waals surface area contributed by atoms with Crippen LogP contribution >= 0.6 is 0 Å². The molecule has 0 radical (unpaired) electrons. The van der Waals surface area contributed by atoms with Crippen molar-refractivity contribution in [2.24, 2.45) is 0 Å². The molecule has 1 aromatic carbocycles. The molecule has 0 unspecified atom stereocenters. The molecule has 1 aromatic heterocycles. The summed E-state index contributed by atoms with van der Waals surface area (Å²) >= 11 is 0. The Morgan fingerprint density at radius 1 is 1.00 bits per heavy atom. The van der Waals surface area contributed by atoms with Crippen molar-refractivity contribution in [2.75, 3.05) is 23.3 Å². The third kappa shape index (κ3) is 3.75. The van der Waals surface area contributed by atoms with Gasteiger partial charge in [-0.25, -0.2) is 0 Å². The van der Waals surface area contributed by atoms with Crippen LogP contribution in [0.25, 0.3) is 0 Å². The molecule has 1 N–H and O–H groups in total. The lowest BCUT2D eigenvalue weighted by atomic mass is 10.1. The zero-order valence-corrected chi connectivity index (χ0v) is 12.7. The Morgan fingerprint density at radius 3 is 2.48 bits per heavy atom. The minimum absolute atomic E-state index is 0.769. The fourth-order valence-electron chi connectivity index (χ4n) is 2.83. The van der Waals surface area contributed by atoms with Gasteiger partial charge in [0.1, 0.15) is 0 Å². The Bertz CT molecular complexity index is 571. The van der Waals surface area contributed by atoms with E-state index in [1.165, 1.54) is 38.0 Å². The van der Waals surface area contributed by atoms with Crippen LogP contribution in [0.4, 0.5) is 11.4 Å². The highest BCUT2D eigenvalue weighted by Crippen LogP contribution is 2.21. The maximum Gasteiger partial charge on any atom is 0.0597 e. The largest absolute Gasteiger partial charge is 0.379 e. The van der Waals surface area contributed by atoms with Crippen molar-refractivity contribution in [3.63, 3.8) is 0 Å². The molecule has 21 heavy (non-hydrogen) atoms. The zero-order valence-electron chi connectivity index (χ0n) is 12.7. The molecule has 2 heterocycles. The number of pyridine rings is 1. The van der Waals surface area contributed by atoms with Gasteiger partial charge in [-0.05, 0) is 62.6 Å². The van der Waals surface area contributed by atoms with Crippen molar-refractivity contribution >= 4 is 11.4 Å². The van der Waals surface area contributed by atoms with Crippen LogP contribution in [-0.4, -0.2) is 18.1 Å². The van der Waals surface area contributed by atoms with Crippen LogP contribution in [0.2, 0.25) is 0 Å². The number of rotatable bonds is 4. The van der Waals surface area contributed by atoms with E-state index in [9.17, 15) is 0 Å². The van der Waals surface area contributed by atoms with Crippen molar-refractivity contribution in [1.82, 2.24) is 4.98 Å². The number of nitrogens with one attached hydrogen (secondary N) is 1. The fourth-order valence-corrected chi connectivity index (χ4v) is 2.83. The van der Waals surface area contributed by atoms with Crippen LogP contribution < -0.4 is 10.2 Å². The molecule has 0 aliphatic carbocycles. The summed E-state index contributed by atoms with van der Waals surface area (Å²) in [5.41, 5.74) is 4.64. The highest BCUT2D eigenvalue weighted by atomic mass is 15.1. The first-order valence-electron chi connectivity index (χ1n) is 7.83. The van der Waals surface area contributed by atoms with Gasteiger partial charge in [-0.3, -0.25) is 4.98 Å². The number of anilines is 2. The molecule has 1 aliphatic rings. The number of hydrogen-bond donors (Lipinski definition) is 1. The third-order valence-corrected chi connectivity index (χ3v) is 4.01. The Labute approximate surface area is 127 Å². The molecule has 3 rings (SSSR count). The van der Waals surface area contributed by atoms with E-state index in [-0.39, 0.29) is 0 Å². The van der Waals surface area contributed by atoms with E-state index in [1.54, 1.807) is 0 Å². The van der Waals surface area contributed by atoms with Gasteiger partial charge in [0.05, 0.1) is 12.2 Å². The summed E-state index contributed by atoms with van der Waals surface area (Å²) < 4.78 is 0. The highest BCUT2D eigenvalue weighted by molar-refractivity contribution is 5.55. The first-order chi connectivity index (χ1) is 10.3. The summed E-state index contributed by atoms with van der Waals surface area (Å²) in [6.07, 6.45) is 4.01. The number of benzene rings is 1. The molecule has 1 saturated heterocycles. The van der Waals surface area contributed by atoms with Gasteiger partial charge >= 0.3 is 0 Å². The van der Waals surface area contributed by atoms with Crippen LogP contribution in [0, 0.1) is 6.92 Å². The van der Waals surface area contributed by atoms with E-state index in [1.807, 2.05) is 13.0 Å². The first kappa shape index (κ1) is 13.9. The van der Waals surface area contributed by atoms with Crippen LogP contribution in [-0.2, 0) is 6.54 Å². The van der Waals surface area contributed by atoms with E-state index in [2.05, 4.69) is 51.6 Å².